The summed E-state index contributed by atoms with van der Waals surface area (Å²) >= 11 is 0. The average molecular weight is 319 g/mol. The summed E-state index contributed by atoms with van der Waals surface area (Å²) in [5.41, 5.74) is 1.01. The summed E-state index contributed by atoms with van der Waals surface area (Å²) < 4.78 is 27.2. The van der Waals surface area contributed by atoms with Crippen LogP contribution in [0.4, 0.5) is 0 Å². The van der Waals surface area contributed by atoms with Crippen LogP contribution in [-0.4, -0.2) is 26.2 Å². The predicted octanol–water partition coefficient (Wildman–Crippen LogP) is 2.52. The zero-order valence-electron chi connectivity index (χ0n) is 12.5. The molecule has 2 unspecified atom stereocenters. The van der Waals surface area contributed by atoms with Crippen LogP contribution in [0.15, 0.2) is 65.6 Å². The van der Waals surface area contributed by atoms with Gasteiger partial charge in [-0.15, -0.1) is 0 Å². The van der Waals surface area contributed by atoms with Crippen LogP contribution in [0.5, 0.6) is 0 Å². The third-order valence-electron chi connectivity index (χ3n) is 3.47. The van der Waals surface area contributed by atoms with Gasteiger partial charge in [-0.05, 0) is 37.0 Å². The molecule has 0 fully saturated rings. The highest BCUT2D eigenvalue weighted by Crippen LogP contribution is 2.21. The van der Waals surface area contributed by atoms with Crippen molar-refractivity contribution in [3.63, 3.8) is 0 Å². The Morgan fingerprint density at radius 3 is 2.09 bits per heavy atom. The predicted molar refractivity (Wildman–Crippen MR) is 87.1 cm³/mol. The number of aliphatic hydroxyl groups excluding tert-OH is 1. The van der Waals surface area contributed by atoms with E-state index < -0.39 is 16.1 Å². The highest BCUT2D eigenvalue weighted by Gasteiger charge is 2.19. The van der Waals surface area contributed by atoms with Crippen molar-refractivity contribution in [1.29, 1.82) is 0 Å². The molecule has 0 spiro atoms. The smallest absolute Gasteiger partial charge is 0.240 e. The highest BCUT2D eigenvalue weighted by molar-refractivity contribution is 7.89. The van der Waals surface area contributed by atoms with Crippen molar-refractivity contribution in [2.45, 2.75) is 30.3 Å². The minimum Gasteiger partial charge on any atom is -0.393 e. The molecule has 4 nitrogen and oxygen atoms in total. The average Bonchev–Trinajstić information content (AvgIpc) is 2.53. The van der Waals surface area contributed by atoms with Crippen molar-refractivity contribution in [2.75, 3.05) is 6.54 Å². The summed E-state index contributed by atoms with van der Waals surface area (Å²) in [6.45, 7) is 1.97. The van der Waals surface area contributed by atoms with E-state index in [0.29, 0.717) is 6.42 Å². The molecule has 2 aromatic rings. The zero-order chi connectivity index (χ0) is 16.0. The third kappa shape index (κ3) is 4.66. The van der Waals surface area contributed by atoms with E-state index in [1.165, 1.54) is 0 Å². The number of rotatable bonds is 7. The number of benzene rings is 2. The number of hydrogen-bond acceptors (Lipinski definition) is 3. The molecule has 5 heteroatoms. The number of hydrogen-bond donors (Lipinski definition) is 2. The Morgan fingerprint density at radius 1 is 1.00 bits per heavy atom. The van der Waals surface area contributed by atoms with Gasteiger partial charge in [0.25, 0.3) is 0 Å². The second-order valence-electron chi connectivity index (χ2n) is 5.36. The summed E-state index contributed by atoms with van der Waals surface area (Å²) in [4.78, 5) is 0.249. The van der Waals surface area contributed by atoms with Crippen molar-refractivity contribution in [3.05, 3.63) is 66.2 Å². The standard InChI is InChI=1S/C17H21NO3S/c1-14(19)12-16(15-8-4-2-5-9-15)13-18-22(20,21)17-10-6-3-7-11-17/h2-11,14,16,18-19H,12-13H2,1H3. The molecule has 0 saturated carbocycles. The first-order valence-electron chi connectivity index (χ1n) is 7.27. The van der Waals surface area contributed by atoms with Crippen molar-refractivity contribution >= 4 is 10.0 Å². The van der Waals surface area contributed by atoms with Crippen LogP contribution in [0.3, 0.4) is 0 Å². The Bertz CT molecular complexity index is 670. The van der Waals surface area contributed by atoms with Crippen molar-refractivity contribution in [2.24, 2.45) is 0 Å². The zero-order valence-corrected chi connectivity index (χ0v) is 13.3. The fourth-order valence-electron chi connectivity index (χ4n) is 2.37. The monoisotopic (exact) mass is 319 g/mol. The second kappa shape index (κ2) is 7.54. The Hall–Kier alpha value is -1.69. The third-order valence-corrected chi connectivity index (χ3v) is 4.91. The molecule has 2 atom stereocenters. The topological polar surface area (TPSA) is 66.4 Å². The maximum atomic E-state index is 12.3. The number of nitrogens with one attached hydrogen (secondary N) is 1. The molecule has 0 bridgehead atoms. The molecule has 2 rings (SSSR count). The van der Waals surface area contributed by atoms with Crippen LogP contribution in [-0.2, 0) is 10.0 Å². The summed E-state index contributed by atoms with van der Waals surface area (Å²) in [5, 5.41) is 9.65. The molecule has 0 aliphatic heterocycles. The molecule has 0 aromatic heterocycles. The van der Waals surface area contributed by atoms with Crippen molar-refractivity contribution in [1.82, 2.24) is 4.72 Å². The van der Waals surface area contributed by atoms with Gasteiger partial charge >= 0.3 is 0 Å². The van der Waals surface area contributed by atoms with E-state index in [1.807, 2.05) is 30.3 Å². The van der Waals surface area contributed by atoms with Gasteiger partial charge in [0.15, 0.2) is 0 Å². The largest absolute Gasteiger partial charge is 0.393 e. The molecule has 2 N–H and O–H groups in total. The molecule has 22 heavy (non-hydrogen) atoms. The normalized spacial score (nSPS) is 14.5. The van der Waals surface area contributed by atoms with Gasteiger partial charge in [-0.3, -0.25) is 0 Å². The molecule has 0 saturated heterocycles. The molecule has 0 aliphatic rings. The molecular formula is C17H21NO3S. The maximum Gasteiger partial charge on any atom is 0.240 e. The van der Waals surface area contributed by atoms with E-state index in [4.69, 9.17) is 0 Å². The van der Waals surface area contributed by atoms with Crippen LogP contribution in [0.25, 0.3) is 0 Å². The lowest BCUT2D eigenvalue weighted by Crippen LogP contribution is -2.29. The lowest BCUT2D eigenvalue weighted by atomic mass is 9.94. The lowest BCUT2D eigenvalue weighted by molar-refractivity contribution is 0.174. The lowest BCUT2D eigenvalue weighted by Gasteiger charge is -2.19. The summed E-state index contributed by atoms with van der Waals surface area (Å²) in [6, 6.07) is 17.9. The van der Waals surface area contributed by atoms with Crippen LogP contribution >= 0.6 is 0 Å². The van der Waals surface area contributed by atoms with Gasteiger partial charge in [0.2, 0.25) is 10.0 Å². The fraction of sp³-hybridized carbons (Fsp3) is 0.294. The highest BCUT2D eigenvalue weighted by atomic mass is 32.2. The van der Waals surface area contributed by atoms with Gasteiger partial charge in [-0.25, -0.2) is 13.1 Å². The van der Waals surface area contributed by atoms with Crippen molar-refractivity contribution < 1.29 is 13.5 Å². The fourth-order valence-corrected chi connectivity index (χ4v) is 3.47. The van der Waals surface area contributed by atoms with Crippen LogP contribution < -0.4 is 4.72 Å². The van der Waals surface area contributed by atoms with Gasteiger partial charge in [-0.1, -0.05) is 48.5 Å². The molecule has 2 aromatic carbocycles. The Labute approximate surface area is 131 Å². The van der Waals surface area contributed by atoms with E-state index in [1.54, 1.807) is 37.3 Å². The van der Waals surface area contributed by atoms with Crippen LogP contribution in [0, 0.1) is 0 Å². The van der Waals surface area contributed by atoms with E-state index >= 15 is 0 Å². The van der Waals surface area contributed by atoms with Gasteiger partial charge in [0.1, 0.15) is 0 Å². The van der Waals surface area contributed by atoms with Gasteiger partial charge in [0.05, 0.1) is 11.0 Å². The molecular weight excluding hydrogens is 298 g/mol. The molecule has 0 heterocycles. The summed E-state index contributed by atoms with van der Waals surface area (Å²) in [6.07, 6.45) is 0.00727. The second-order valence-corrected chi connectivity index (χ2v) is 7.12. The van der Waals surface area contributed by atoms with E-state index in [0.717, 1.165) is 5.56 Å². The minimum atomic E-state index is -3.53. The van der Waals surface area contributed by atoms with Gasteiger partial charge in [-0.2, -0.15) is 0 Å². The Balaban J connectivity index is 2.12. The van der Waals surface area contributed by atoms with Crippen molar-refractivity contribution in [3.8, 4) is 0 Å². The molecule has 118 valence electrons. The van der Waals surface area contributed by atoms with Gasteiger partial charge < -0.3 is 5.11 Å². The van der Waals surface area contributed by atoms with Crippen LogP contribution in [0.2, 0.25) is 0 Å². The van der Waals surface area contributed by atoms with E-state index in [-0.39, 0.29) is 17.4 Å². The Kier molecular flexibility index (Phi) is 5.71. The summed E-state index contributed by atoms with van der Waals surface area (Å²) in [5.74, 6) is -0.0697. The van der Waals surface area contributed by atoms with Gasteiger partial charge in [0, 0.05) is 6.54 Å². The molecule has 0 radical (unpaired) electrons. The minimum absolute atomic E-state index is 0.0697. The first kappa shape index (κ1) is 16.7. The maximum absolute atomic E-state index is 12.3. The first-order chi connectivity index (χ1) is 10.5. The van der Waals surface area contributed by atoms with E-state index in [2.05, 4.69) is 4.72 Å². The number of aliphatic hydroxyl groups is 1. The quantitative estimate of drug-likeness (QED) is 0.824. The summed E-state index contributed by atoms with van der Waals surface area (Å²) in [7, 11) is -3.53. The SMILES string of the molecule is CC(O)CC(CNS(=O)(=O)c1ccccc1)c1ccccc1. The van der Waals surface area contributed by atoms with Crippen LogP contribution in [0.1, 0.15) is 24.8 Å². The number of sulfonamides is 1. The first-order valence-corrected chi connectivity index (χ1v) is 8.75. The molecule has 0 aliphatic carbocycles. The Morgan fingerprint density at radius 2 is 1.55 bits per heavy atom. The molecule has 0 amide bonds. The van der Waals surface area contributed by atoms with E-state index in [9.17, 15) is 13.5 Å².